The van der Waals surface area contributed by atoms with Crippen LogP contribution < -0.4 is 14.5 Å². The molecule has 0 amide bonds. The van der Waals surface area contributed by atoms with Gasteiger partial charge in [-0.3, -0.25) is 0 Å². The predicted octanol–water partition coefficient (Wildman–Crippen LogP) is 2.83. The minimum absolute atomic E-state index is 0.0519. The molecule has 0 aliphatic rings. The summed E-state index contributed by atoms with van der Waals surface area (Å²) in [5.41, 5.74) is 1.87. The number of aliphatic hydroxyl groups is 1. The van der Waals surface area contributed by atoms with E-state index in [9.17, 15) is 5.11 Å². The molecule has 1 N–H and O–H groups in total. The van der Waals surface area contributed by atoms with Gasteiger partial charge in [0.05, 0.1) is 19.2 Å². The van der Waals surface area contributed by atoms with Crippen molar-refractivity contribution in [3.63, 3.8) is 0 Å². The van der Waals surface area contributed by atoms with Crippen LogP contribution in [0.5, 0.6) is 5.75 Å². The molecule has 0 aliphatic carbocycles. The average Bonchev–Trinajstić information content (AvgIpc) is 2.66. The second-order valence-electron chi connectivity index (χ2n) is 5.77. The van der Waals surface area contributed by atoms with Crippen LogP contribution in [0.1, 0.15) is 0 Å². The summed E-state index contributed by atoms with van der Waals surface area (Å²) in [6, 6.07) is 15.8. The van der Waals surface area contributed by atoms with E-state index in [-0.39, 0.29) is 6.61 Å². The fraction of sp³-hybridized carbons (Fsp3) is 0.263. The molecule has 1 heterocycles. The molecule has 0 radical (unpaired) electrons. The van der Waals surface area contributed by atoms with Gasteiger partial charge in [-0.05, 0) is 36.4 Å². The van der Waals surface area contributed by atoms with Crippen molar-refractivity contribution in [2.24, 2.45) is 0 Å². The van der Waals surface area contributed by atoms with Crippen LogP contribution in [0.3, 0.4) is 0 Å². The molecule has 0 atom stereocenters. The smallest absolute Gasteiger partial charge is 0.227 e. The Balaban J connectivity index is 2.08. The largest absolute Gasteiger partial charge is 0.497 e. The second-order valence-corrected chi connectivity index (χ2v) is 5.77. The van der Waals surface area contributed by atoms with Crippen LogP contribution in [0.15, 0.2) is 48.5 Å². The normalized spacial score (nSPS) is 10.7. The lowest BCUT2D eigenvalue weighted by atomic mass is 10.2. The quantitative estimate of drug-likeness (QED) is 0.746. The van der Waals surface area contributed by atoms with Crippen molar-refractivity contribution in [1.82, 2.24) is 9.97 Å². The Kier molecular flexibility index (Phi) is 5.00. The summed E-state index contributed by atoms with van der Waals surface area (Å²) in [5, 5.41) is 10.2. The molecule has 2 aromatic carbocycles. The van der Waals surface area contributed by atoms with Crippen LogP contribution >= 0.6 is 0 Å². The topological polar surface area (TPSA) is 61.7 Å². The molecule has 1 aromatic heterocycles. The zero-order valence-corrected chi connectivity index (χ0v) is 14.7. The molecule has 0 unspecified atom stereocenters. The van der Waals surface area contributed by atoms with Gasteiger partial charge in [0, 0.05) is 31.7 Å². The van der Waals surface area contributed by atoms with Gasteiger partial charge in [0.2, 0.25) is 5.95 Å². The second kappa shape index (κ2) is 7.36. The number of aliphatic hydroxyl groups excluding tert-OH is 1. The van der Waals surface area contributed by atoms with Crippen molar-refractivity contribution < 1.29 is 9.84 Å². The fourth-order valence-corrected chi connectivity index (χ4v) is 2.65. The molecule has 6 heteroatoms. The Morgan fingerprint density at radius 3 is 2.40 bits per heavy atom. The highest BCUT2D eigenvalue weighted by molar-refractivity contribution is 5.92. The van der Waals surface area contributed by atoms with Crippen molar-refractivity contribution in [3.05, 3.63) is 48.5 Å². The van der Waals surface area contributed by atoms with Crippen molar-refractivity contribution in [2.45, 2.75) is 0 Å². The lowest BCUT2D eigenvalue weighted by Crippen LogP contribution is -2.24. The maximum atomic E-state index is 9.20. The van der Waals surface area contributed by atoms with Gasteiger partial charge in [-0.25, -0.2) is 4.98 Å². The molecule has 6 nitrogen and oxygen atoms in total. The fourth-order valence-electron chi connectivity index (χ4n) is 2.65. The third-order valence-corrected chi connectivity index (χ3v) is 4.13. The minimum Gasteiger partial charge on any atom is -0.497 e. The summed E-state index contributed by atoms with van der Waals surface area (Å²) in [5.74, 6) is 2.21. The van der Waals surface area contributed by atoms with E-state index in [1.807, 2.05) is 72.4 Å². The van der Waals surface area contributed by atoms with E-state index in [0.717, 1.165) is 28.2 Å². The first-order chi connectivity index (χ1) is 12.1. The highest BCUT2D eigenvalue weighted by Crippen LogP contribution is 2.31. The number of benzene rings is 2. The molecule has 0 spiro atoms. The number of anilines is 3. The van der Waals surface area contributed by atoms with E-state index in [0.29, 0.717) is 12.5 Å². The SMILES string of the molecule is COc1ccc(N(C)c2nc(N(C)CCO)nc3ccccc23)cc1. The molecule has 0 bridgehead atoms. The minimum atomic E-state index is 0.0519. The standard InChI is InChI=1S/C19H22N4O2/c1-22(12-13-24)19-20-17-7-5-4-6-16(17)18(21-19)23(2)14-8-10-15(25-3)11-9-14/h4-11,24H,12-13H2,1-3H3. The van der Waals surface area contributed by atoms with Crippen LogP contribution in [0.4, 0.5) is 17.5 Å². The number of likely N-dealkylation sites (N-methyl/N-ethyl adjacent to an activating group) is 1. The van der Waals surface area contributed by atoms with E-state index in [1.165, 1.54) is 0 Å². The highest BCUT2D eigenvalue weighted by atomic mass is 16.5. The summed E-state index contributed by atoms with van der Waals surface area (Å²) < 4.78 is 5.23. The lowest BCUT2D eigenvalue weighted by Gasteiger charge is -2.23. The van der Waals surface area contributed by atoms with Crippen molar-refractivity contribution in [1.29, 1.82) is 0 Å². The van der Waals surface area contributed by atoms with Gasteiger partial charge in [-0.15, -0.1) is 0 Å². The Bertz CT molecular complexity index is 852. The molecule has 3 rings (SSSR count). The predicted molar refractivity (Wildman–Crippen MR) is 101 cm³/mol. The van der Waals surface area contributed by atoms with E-state index in [1.54, 1.807) is 7.11 Å². The summed E-state index contributed by atoms with van der Waals surface area (Å²) >= 11 is 0. The molecule has 0 aliphatic heterocycles. The Labute approximate surface area is 147 Å². The van der Waals surface area contributed by atoms with E-state index in [4.69, 9.17) is 9.72 Å². The molecule has 0 saturated carbocycles. The van der Waals surface area contributed by atoms with Crippen LogP contribution in [-0.2, 0) is 0 Å². The number of para-hydroxylation sites is 1. The molecule has 0 fully saturated rings. The van der Waals surface area contributed by atoms with Gasteiger partial charge in [0.1, 0.15) is 11.6 Å². The Hall–Kier alpha value is -2.86. The van der Waals surface area contributed by atoms with Crippen molar-refractivity contribution in [2.75, 3.05) is 44.2 Å². The molecule has 3 aromatic rings. The number of methoxy groups -OCH3 is 1. The van der Waals surface area contributed by atoms with E-state index < -0.39 is 0 Å². The first kappa shape index (κ1) is 17.0. The summed E-state index contributed by atoms with van der Waals surface area (Å²) in [6.07, 6.45) is 0. The third kappa shape index (κ3) is 3.49. The van der Waals surface area contributed by atoms with Crippen LogP contribution in [0.25, 0.3) is 10.9 Å². The average molecular weight is 338 g/mol. The van der Waals surface area contributed by atoms with Crippen molar-refractivity contribution >= 4 is 28.4 Å². The molecular weight excluding hydrogens is 316 g/mol. The number of hydrogen-bond acceptors (Lipinski definition) is 6. The molecular formula is C19H22N4O2. The zero-order valence-electron chi connectivity index (χ0n) is 14.7. The van der Waals surface area contributed by atoms with Crippen LogP contribution in [0.2, 0.25) is 0 Å². The van der Waals surface area contributed by atoms with Gasteiger partial charge in [-0.2, -0.15) is 4.98 Å². The number of hydrogen-bond donors (Lipinski definition) is 1. The highest BCUT2D eigenvalue weighted by Gasteiger charge is 2.15. The number of fused-ring (bicyclic) bond motifs is 1. The summed E-state index contributed by atoms with van der Waals surface area (Å²) in [4.78, 5) is 13.2. The van der Waals surface area contributed by atoms with Crippen LogP contribution in [0, 0.1) is 0 Å². The van der Waals surface area contributed by atoms with Gasteiger partial charge < -0.3 is 19.6 Å². The maximum absolute atomic E-state index is 9.20. The Morgan fingerprint density at radius 1 is 1.00 bits per heavy atom. The first-order valence-corrected chi connectivity index (χ1v) is 8.10. The van der Waals surface area contributed by atoms with Gasteiger partial charge in [0.25, 0.3) is 0 Å². The van der Waals surface area contributed by atoms with Gasteiger partial charge >= 0.3 is 0 Å². The Morgan fingerprint density at radius 2 is 1.72 bits per heavy atom. The molecule has 0 saturated heterocycles. The van der Waals surface area contributed by atoms with E-state index in [2.05, 4.69) is 4.98 Å². The summed E-state index contributed by atoms with van der Waals surface area (Å²) in [7, 11) is 5.50. The summed E-state index contributed by atoms with van der Waals surface area (Å²) in [6.45, 7) is 0.528. The zero-order chi connectivity index (χ0) is 17.8. The van der Waals surface area contributed by atoms with Gasteiger partial charge in [-0.1, -0.05) is 12.1 Å². The number of aromatic nitrogens is 2. The number of ether oxygens (including phenoxy) is 1. The third-order valence-electron chi connectivity index (χ3n) is 4.13. The number of rotatable bonds is 6. The van der Waals surface area contributed by atoms with Gasteiger partial charge in [0.15, 0.2) is 0 Å². The van der Waals surface area contributed by atoms with E-state index >= 15 is 0 Å². The number of nitrogens with zero attached hydrogens (tertiary/aromatic N) is 4. The lowest BCUT2D eigenvalue weighted by molar-refractivity contribution is 0.303. The van der Waals surface area contributed by atoms with Crippen LogP contribution in [-0.4, -0.2) is 49.4 Å². The monoisotopic (exact) mass is 338 g/mol. The van der Waals surface area contributed by atoms with Crippen molar-refractivity contribution in [3.8, 4) is 5.75 Å². The molecule has 130 valence electrons. The maximum Gasteiger partial charge on any atom is 0.227 e. The first-order valence-electron chi connectivity index (χ1n) is 8.10. The molecule has 25 heavy (non-hydrogen) atoms.